The van der Waals surface area contributed by atoms with Crippen molar-refractivity contribution in [2.75, 3.05) is 6.61 Å². The Hall–Kier alpha value is -0.600. The third-order valence-electron chi connectivity index (χ3n) is 2.84. The van der Waals surface area contributed by atoms with Gasteiger partial charge in [-0.2, -0.15) is 0 Å². The SMILES string of the molecule is Cc1cn([C@@H]2C[C@@H](O)[C@H](CO)O2)c(=S)[nH]c1=S. The molecule has 2 rings (SSSR count). The number of ether oxygens (including phenoxy) is 1. The second-order valence-electron chi connectivity index (χ2n) is 4.09. The number of hydrogen-bond acceptors (Lipinski definition) is 5. The number of nitrogens with zero attached hydrogens (tertiary/aromatic N) is 1. The molecule has 0 bridgehead atoms. The monoisotopic (exact) mass is 274 g/mol. The highest BCUT2D eigenvalue weighted by atomic mass is 32.1. The normalized spacial score (nSPS) is 28.5. The van der Waals surface area contributed by atoms with E-state index in [1.54, 1.807) is 10.8 Å². The zero-order chi connectivity index (χ0) is 12.6. The van der Waals surface area contributed by atoms with Crippen molar-refractivity contribution < 1.29 is 14.9 Å². The lowest BCUT2D eigenvalue weighted by atomic mass is 10.2. The molecule has 1 aromatic heterocycles. The van der Waals surface area contributed by atoms with Gasteiger partial charge in [-0.15, -0.1) is 0 Å². The van der Waals surface area contributed by atoms with Gasteiger partial charge in [-0.1, -0.05) is 12.2 Å². The fourth-order valence-electron chi connectivity index (χ4n) is 1.85. The fraction of sp³-hybridized carbons (Fsp3) is 0.600. The van der Waals surface area contributed by atoms with Crippen molar-refractivity contribution in [3.63, 3.8) is 0 Å². The Morgan fingerprint density at radius 1 is 1.59 bits per heavy atom. The molecule has 0 amide bonds. The fourth-order valence-corrected chi connectivity index (χ4v) is 2.34. The van der Waals surface area contributed by atoms with E-state index in [9.17, 15) is 5.11 Å². The number of aromatic amines is 1. The van der Waals surface area contributed by atoms with Crippen molar-refractivity contribution in [1.29, 1.82) is 0 Å². The minimum atomic E-state index is -0.671. The molecule has 2 heterocycles. The lowest BCUT2D eigenvalue weighted by Crippen LogP contribution is -2.24. The molecular weight excluding hydrogens is 260 g/mol. The molecule has 0 spiro atoms. The van der Waals surface area contributed by atoms with E-state index < -0.39 is 12.2 Å². The molecule has 0 aliphatic carbocycles. The number of nitrogens with one attached hydrogen (secondary N) is 1. The molecule has 1 aliphatic heterocycles. The average Bonchev–Trinajstić information content (AvgIpc) is 2.65. The smallest absolute Gasteiger partial charge is 0.180 e. The summed E-state index contributed by atoms with van der Waals surface area (Å²) in [6.07, 6.45) is 0.628. The van der Waals surface area contributed by atoms with Crippen molar-refractivity contribution in [1.82, 2.24) is 9.55 Å². The maximum absolute atomic E-state index is 9.67. The average molecular weight is 274 g/mol. The molecule has 94 valence electrons. The van der Waals surface area contributed by atoms with Gasteiger partial charge in [0, 0.05) is 18.2 Å². The number of aliphatic hydroxyl groups excluding tert-OH is 2. The topological polar surface area (TPSA) is 70.4 Å². The predicted octanol–water partition coefficient (Wildman–Crippen LogP) is 1.22. The summed E-state index contributed by atoms with van der Waals surface area (Å²) in [6, 6.07) is 0. The molecule has 0 unspecified atom stereocenters. The number of aromatic nitrogens is 2. The van der Waals surface area contributed by atoms with Crippen LogP contribution in [0.2, 0.25) is 0 Å². The van der Waals surface area contributed by atoms with Crippen LogP contribution in [-0.4, -0.2) is 38.6 Å². The van der Waals surface area contributed by atoms with Crippen molar-refractivity contribution in [2.45, 2.75) is 31.8 Å². The highest BCUT2D eigenvalue weighted by molar-refractivity contribution is 7.72. The second-order valence-corrected chi connectivity index (χ2v) is 4.89. The van der Waals surface area contributed by atoms with Gasteiger partial charge in [-0.3, -0.25) is 4.57 Å². The maximum Gasteiger partial charge on any atom is 0.180 e. The highest BCUT2D eigenvalue weighted by Crippen LogP contribution is 2.28. The van der Waals surface area contributed by atoms with E-state index in [0.717, 1.165) is 5.56 Å². The summed E-state index contributed by atoms with van der Waals surface area (Å²) in [5, 5.41) is 18.7. The molecule has 0 aromatic carbocycles. The Bertz CT molecular complexity index is 525. The van der Waals surface area contributed by atoms with Gasteiger partial charge in [0.2, 0.25) is 0 Å². The summed E-state index contributed by atoms with van der Waals surface area (Å²) in [6.45, 7) is 1.67. The highest BCUT2D eigenvalue weighted by Gasteiger charge is 2.34. The van der Waals surface area contributed by atoms with Crippen LogP contribution >= 0.6 is 24.4 Å². The van der Waals surface area contributed by atoms with E-state index in [1.807, 2.05) is 6.92 Å². The first-order chi connectivity index (χ1) is 8.02. The molecule has 7 heteroatoms. The standard InChI is InChI=1S/C10H14N2O3S2/c1-5-3-12(10(17)11-9(5)16)8-2-6(14)7(4-13)15-8/h3,6-8,13-14H,2,4H2,1H3,(H,11,16,17)/t6-,7+,8+/m1/s1. The maximum atomic E-state index is 9.67. The van der Waals surface area contributed by atoms with Crippen LogP contribution in [0.3, 0.4) is 0 Å². The van der Waals surface area contributed by atoms with Gasteiger partial charge in [0.15, 0.2) is 4.77 Å². The first kappa shape index (κ1) is 12.8. The first-order valence-electron chi connectivity index (χ1n) is 5.29. The van der Waals surface area contributed by atoms with E-state index in [-0.39, 0.29) is 12.8 Å². The van der Waals surface area contributed by atoms with Crippen molar-refractivity contribution >= 4 is 24.4 Å². The Labute approximate surface area is 109 Å². The lowest BCUT2D eigenvalue weighted by molar-refractivity contribution is -0.0453. The molecule has 5 nitrogen and oxygen atoms in total. The minimum Gasteiger partial charge on any atom is -0.394 e. The first-order valence-corrected chi connectivity index (χ1v) is 6.11. The molecule has 1 saturated heterocycles. The molecule has 3 atom stereocenters. The minimum absolute atomic E-state index is 0.202. The number of rotatable bonds is 2. The van der Waals surface area contributed by atoms with Crippen LogP contribution in [0.1, 0.15) is 18.2 Å². The predicted molar refractivity (Wildman–Crippen MR) is 66.8 cm³/mol. The number of H-pyrrole nitrogens is 1. The van der Waals surface area contributed by atoms with E-state index >= 15 is 0 Å². The summed E-state index contributed by atoms with van der Waals surface area (Å²) < 4.78 is 8.30. The van der Waals surface area contributed by atoms with Gasteiger partial charge in [-0.25, -0.2) is 0 Å². The third-order valence-corrected chi connectivity index (χ3v) is 3.58. The Kier molecular flexibility index (Phi) is 3.74. The van der Waals surface area contributed by atoms with Crippen LogP contribution in [0.25, 0.3) is 0 Å². The third kappa shape index (κ3) is 2.48. The van der Waals surface area contributed by atoms with Crippen LogP contribution in [0, 0.1) is 16.3 Å². The Balaban J connectivity index is 2.34. The quantitative estimate of drug-likeness (QED) is 0.708. The van der Waals surface area contributed by atoms with Gasteiger partial charge in [-0.05, 0) is 19.1 Å². The zero-order valence-electron chi connectivity index (χ0n) is 9.29. The van der Waals surface area contributed by atoms with Crippen LogP contribution in [0.4, 0.5) is 0 Å². The van der Waals surface area contributed by atoms with Gasteiger partial charge < -0.3 is 19.9 Å². The largest absolute Gasteiger partial charge is 0.394 e. The van der Waals surface area contributed by atoms with Gasteiger partial charge in [0.1, 0.15) is 17.0 Å². The summed E-state index contributed by atoms with van der Waals surface area (Å²) in [7, 11) is 0. The Morgan fingerprint density at radius 2 is 2.29 bits per heavy atom. The summed E-state index contributed by atoms with van der Waals surface area (Å²) in [4.78, 5) is 2.90. The summed E-state index contributed by atoms with van der Waals surface area (Å²) in [5.41, 5.74) is 0.888. The van der Waals surface area contributed by atoms with E-state index in [1.165, 1.54) is 0 Å². The van der Waals surface area contributed by atoms with E-state index in [0.29, 0.717) is 15.8 Å². The molecule has 0 radical (unpaired) electrons. The number of aryl methyl sites for hydroxylation is 1. The van der Waals surface area contributed by atoms with Crippen molar-refractivity contribution in [3.05, 3.63) is 21.2 Å². The lowest BCUT2D eigenvalue weighted by Gasteiger charge is -2.16. The molecule has 1 aliphatic rings. The van der Waals surface area contributed by atoms with Crippen LogP contribution in [-0.2, 0) is 4.74 Å². The van der Waals surface area contributed by atoms with Crippen LogP contribution in [0.5, 0.6) is 0 Å². The van der Waals surface area contributed by atoms with E-state index in [2.05, 4.69) is 4.98 Å². The van der Waals surface area contributed by atoms with E-state index in [4.69, 9.17) is 34.3 Å². The zero-order valence-corrected chi connectivity index (χ0v) is 10.9. The van der Waals surface area contributed by atoms with Crippen molar-refractivity contribution in [3.8, 4) is 0 Å². The van der Waals surface area contributed by atoms with Crippen LogP contribution < -0.4 is 0 Å². The van der Waals surface area contributed by atoms with Gasteiger partial charge >= 0.3 is 0 Å². The number of hydrogen-bond donors (Lipinski definition) is 3. The molecule has 0 saturated carbocycles. The molecule has 1 aromatic rings. The Morgan fingerprint density at radius 3 is 2.88 bits per heavy atom. The molecule has 17 heavy (non-hydrogen) atoms. The summed E-state index contributed by atoms with van der Waals surface area (Å²) in [5.74, 6) is 0. The molecule has 3 N–H and O–H groups in total. The number of aliphatic hydroxyl groups is 2. The molecule has 1 fully saturated rings. The van der Waals surface area contributed by atoms with Gasteiger partial charge in [0.05, 0.1) is 12.7 Å². The second kappa shape index (κ2) is 4.95. The van der Waals surface area contributed by atoms with Crippen LogP contribution in [0.15, 0.2) is 6.20 Å². The molecular formula is C10H14N2O3S2. The summed E-state index contributed by atoms with van der Waals surface area (Å²) >= 11 is 10.2. The van der Waals surface area contributed by atoms with Gasteiger partial charge in [0.25, 0.3) is 0 Å². The van der Waals surface area contributed by atoms with Crippen molar-refractivity contribution in [2.24, 2.45) is 0 Å².